The SMILES string of the molecule is C=CC(=O)NC(C)(C)S(=O)(=O)O.[Na]. The van der Waals surface area contributed by atoms with Crippen LogP contribution in [0.1, 0.15) is 13.8 Å². The summed E-state index contributed by atoms with van der Waals surface area (Å²) in [5.74, 6) is -0.655. The molecule has 0 aromatic rings. The first kappa shape index (κ1) is 15.6. The molecule has 0 heterocycles. The van der Waals surface area contributed by atoms with Crippen molar-refractivity contribution in [2.75, 3.05) is 0 Å². The van der Waals surface area contributed by atoms with Gasteiger partial charge in [-0.3, -0.25) is 9.35 Å². The summed E-state index contributed by atoms with van der Waals surface area (Å²) in [5, 5.41) is 2.05. The molecule has 0 aromatic carbocycles. The third-order valence-corrected chi connectivity index (χ3v) is 2.65. The first-order valence-corrected chi connectivity index (χ1v) is 4.56. The summed E-state index contributed by atoms with van der Waals surface area (Å²) in [6, 6.07) is 0. The minimum absolute atomic E-state index is 0. The zero-order valence-electron chi connectivity index (χ0n) is 7.86. The second kappa shape index (κ2) is 5.11. The van der Waals surface area contributed by atoms with Crippen LogP contribution in [0.4, 0.5) is 0 Å². The van der Waals surface area contributed by atoms with Crippen molar-refractivity contribution in [2.45, 2.75) is 18.7 Å². The van der Waals surface area contributed by atoms with Crippen LogP contribution in [0.25, 0.3) is 0 Å². The molecule has 0 spiro atoms. The molecule has 0 saturated carbocycles. The van der Waals surface area contributed by atoms with Gasteiger partial charge in [0.25, 0.3) is 10.1 Å². The Morgan fingerprint density at radius 2 is 1.92 bits per heavy atom. The molecule has 0 aliphatic rings. The quantitative estimate of drug-likeness (QED) is 0.379. The topological polar surface area (TPSA) is 83.5 Å². The largest absolute Gasteiger partial charge is 0.332 e. The average Bonchev–Trinajstić information content (AvgIpc) is 1.84. The van der Waals surface area contributed by atoms with E-state index in [-0.39, 0.29) is 29.6 Å². The maximum Gasteiger partial charge on any atom is 0.288 e. The summed E-state index contributed by atoms with van der Waals surface area (Å²) in [4.78, 5) is 8.99. The van der Waals surface area contributed by atoms with Crippen LogP contribution in [0.15, 0.2) is 12.7 Å². The van der Waals surface area contributed by atoms with Crippen molar-refractivity contribution in [1.82, 2.24) is 5.32 Å². The smallest absolute Gasteiger partial charge is 0.288 e. The molecule has 0 aliphatic carbocycles. The van der Waals surface area contributed by atoms with Crippen LogP contribution in [0.5, 0.6) is 0 Å². The van der Waals surface area contributed by atoms with E-state index in [1.165, 1.54) is 13.8 Å². The van der Waals surface area contributed by atoms with E-state index >= 15 is 0 Å². The zero-order valence-corrected chi connectivity index (χ0v) is 10.7. The van der Waals surface area contributed by atoms with Gasteiger partial charge in [0, 0.05) is 29.6 Å². The van der Waals surface area contributed by atoms with Crippen LogP contribution in [0.2, 0.25) is 0 Å². The van der Waals surface area contributed by atoms with E-state index in [4.69, 9.17) is 4.55 Å². The number of carbonyl (C=O) groups excluding carboxylic acids is 1. The van der Waals surface area contributed by atoms with Crippen molar-refractivity contribution in [2.24, 2.45) is 0 Å². The summed E-state index contributed by atoms with van der Waals surface area (Å²) in [5.41, 5.74) is 0. The van der Waals surface area contributed by atoms with Crippen LogP contribution in [0.3, 0.4) is 0 Å². The van der Waals surface area contributed by atoms with Crippen molar-refractivity contribution in [3.8, 4) is 0 Å². The number of nitrogens with one attached hydrogen (secondary N) is 1. The van der Waals surface area contributed by atoms with E-state index in [9.17, 15) is 13.2 Å². The molecule has 0 atom stereocenters. The predicted molar refractivity (Wildman–Crippen MR) is 49.7 cm³/mol. The predicted octanol–water partition coefficient (Wildman–Crippen LogP) is -0.468. The van der Waals surface area contributed by atoms with E-state index in [0.717, 1.165) is 6.08 Å². The van der Waals surface area contributed by atoms with Gasteiger partial charge in [-0.1, -0.05) is 6.58 Å². The summed E-state index contributed by atoms with van der Waals surface area (Å²) in [6.07, 6.45) is 0.924. The summed E-state index contributed by atoms with van der Waals surface area (Å²) in [7, 11) is -4.29. The van der Waals surface area contributed by atoms with Crippen LogP contribution >= 0.6 is 0 Å². The minimum Gasteiger partial charge on any atom is -0.332 e. The van der Waals surface area contributed by atoms with Crippen LogP contribution < -0.4 is 5.32 Å². The normalized spacial score (nSPS) is 11.3. The summed E-state index contributed by atoms with van der Waals surface area (Å²) in [6.45, 7) is 5.48. The van der Waals surface area contributed by atoms with Gasteiger partial charge in [-0.25, -0.2) is 0 Å². The molecule has 1 radical (unpaired) electrons. The van der Waals surface area contributed by atoms with Crippen LogP contribution in [-0.2, 0) is 14.9 Å². The third kappa shape index (κ3) is 4.78. The molecule has 0 aromatic heterocycles. The first-order valence-electron chi connectivity index (χ1n) is 3.12. The van der Waals surface area contributed by atoms with Gasteiger partial charge in [-0.05, 0) is 19.9 Å². The number of amides is 1. The molecule has 2 N–H and O–H groups in total. The fraction of sp³-hybridized carbons (Fsp3) is 0.500. The molecule has 0 saturated heterocycles. The van der Waals surface area contributed by atoms with Crippen LogP contribution in [0, 0.1) is 0 Å². The number of hydrogen-bond acceptors (Lipinski definition) is 3. The third-order valence-electron chi connectivity index (χ3n) is 1.25. The molecule has 71 valence electrons. The van der Waals surface area contributed by atoms with Crippen molar-refractivity contribution in [3.05, 3.63) is 12.7 Å². The summed E-state index contributed by atoms with van der Waals surface area (Å²) >= 11 is 0. The molecule has 0 unspecified atom stereocenters. The Labute approximate surface area is 99.6 Å². The Hall–Kier alpha value is 0.120. The molecule has 0 rings (SSSR count). The number of rotatable bonds is 3. The Balaban J connectivity index is 0. The van der Waals surface area contributed by atoms with E-state index in [2.05, 4.69) is 11.9 Å². The fourth-order valence-corrected chi connectivity index (χ4v) is 0.642. The first-order chi connectivity index (χ1) is 5.20. The van der Waals surface area contributed by atoms with Gasteiger partial charge in [-0.2, -0.15) is 8.42 Å². The van der Waals surface area contributed by atoms with Crippen LogP contribution in [-0.4, -0.2) is 53.3 Å². The zero-order chi connectivity index (χ0) is 9.99. The molecule has 0 aliphatic heterocycles. The molecule has 0 fully saturated rings. The molecular formula is C6H11NNaO4S. The Bertz CT molecular complexity index is 296. The molecule has 7 heteroatoms. The van der Waals surface area contributed by atoms with Crippen molar-refractivity contribution >= 4 is 45.6 Å². The molecule has 5 nitrogen and oxygen atoms in total. The Morgan fingerprint density at radius 3 is 2.15 bits per heavy atom. The molecular weight excluding hydrogens is 205 g/mol. The van der Waals surface area contributed by atoms with Gasteiger partial charge in [0.2, 0.25) is 5.91 Å². The minimum atomic E-state index is -4.29. The fourth-order valence-electron chi connectivity index (χ4n) is 0.412. The van der Waals surface area contributed by atoms with Gasteiger partial charge in [0.15, 0.2) is 4.87 Å². The number of carbonyl (C=O) groups is 1. The molecule has 0 bridgehead atoms. The molecule has 13 heavy (non-hydrogen) atoms. The standard InChI is InChI=1S/C6H11NO4S.Na/c1-4-5(8)7-6(2,3)12(9,10)11;/h4H,1H2,2-3H3,(H,7,8)(H,9,10,11);. The van der Waals surface area contributed by atoms with E-state index in [1.54, 1.807) is 0 Å². The second-order valence-electron chi connectivity index (χ2n) is 2.68. The van der Waals surface area contributed by atoms with Gasteiger partial charge in [-0.15, -0.1) is 0 Å². The van der Waals surface area contributed by atoms with Gasteiger partial charge in [0.1, 0.15) is 0 Å². The monoisotopic (exact) mass is 216 g/mol. The van der Waals surface area contributed by atoms with Crippen molar-refractivity contribution < 1.29 is 17.8 Å². The average molecular weight is 216 g/mol. The van der Waals surface area contributed by atoms with Crippen molar-refractivity contribution in [3.63, 3.8) is 0 Å². The maximum atomic E-state index is 10.7. The van der Waals surface area contributed by atoms with Gasteiger partial charge < -0.3 is 5.32 Å². The van der Waals surface area contributed by atoms with E-state index in [0.29, 0.717) is 0 Å². The Morgan fingerprint density at radius 1 is 1.54 bits per heavy atom. The molecule has 1 amide bonds. The summed E-state index contributed by atoms with van der Waals surface area (Å²) < 4.78 is 29.8. The van der Waals surface area contributed by atoms with E-state index in [1.807, 2.05) is 0 Å². The number of hydrogen-bond donors (Lipinski definition) is 2. The maximum absolute atomic E-state index is 10.7. The second-order valence-corrected chi connectivity index (χ2v) is 4.65. The Kier molecular flexibility index (Phi) is 6.13. The van der Waals surface area contributed by atoms with Gasteiger partial charge in [0.05, 0.1) is 0 Å². The van der Waals surface area contributed by atoms with E-state index < -0.39 is 20.9 Å². The van der Waals surface area contributed by atoms with Crippen molar-refractivity contribution in [1.29, 1.82) is 0 Å². The van der Waals surface area contributed by atoms with Gasteiger partial charge >= 0.3 is 0 Å².